The minimum absolute atomic E-state index is 0.0427. The Kier molecular flexibility index (Phi) is 5.14. The van der Waals surface area contributed by atoms with Gasteiger partial charge in [0.15, 0.2) is 6.10 Å². The lowest BCUT2D eigenvalue weighted by molar-refractivity contribution is -0.143. The molecule has 1 N–H and O–H groups in total. The largest absolute Gasteiger partial charge is 0.478 e. The Bertz CT molecular complexity index is 736. The molecule has 0 spiro atoms. The molecule has 1 amide bonds. The van der Waals surface area contributed by atoms with Crippen LogP contribution in [-0.2, 0) is 9.53 Å². The lowest BCUT2D eigenvalue weighted by Crippen LogP contribution is -2.42. The zero-order valence-corrected chi connectivity index (χ0v) is 14.0. The second kappa shape index (κ2) is 7.48. The van der Waals surface area contributed by atoms with Crippen LogP contribution in [0.25, 0.3) is 0 Å². The number of methoxy groups -OCH3 is 1. The fraction of sp³-hybridized carbons (Fsp3) is 0.389. The van der Waals surface area contributed by atoms with Crippen molar-refractivity contribution >= 4 is 11.9 Å². The average Bonchev–Trinajstić information content (AvgIpc) is 3.14. The molecule has 1 fully saturated rings. The van der Waals surface area contributed by atoms with E-state index < -0.39 is 12.1 Å². The number of aromatic carboxylic acids is 1. The third-order valence-corrected chi connectivity index (χ3v) is 4.56. The van der Waals surface area contributed by atoms with Crippen molar-refractivity contribution in [1.82, 2.24) is 14.7 Å². The third-order valence-electron chi connectivity index (χ3n) is 4.56. The molecule has 1 aliphatic rings. The van der Waals surface area contributed by atoms with Gasteiger partial charge in [-0.3, -0.25) is 9.48 Å². The van der Waals surface area contributed by atoms with Gasteiger partial charge in [-0.15, -0.1) is 0 Å². The summed E-state index contributed by atoms with van der Waals surface area (Å²) < 4.78 is 7.11. The molecule has 2 heterocycles. The SMILES string of the molecule is CO[C@H](C(=O)N1CCC(n2cc(C(=O)O)cn2)CC1)c1ccccc1. The number of hydrogen-bond acceptors (Lipinski definition) is 4. The van der Waals surface area contributed by atoms with Crippen LogP contribution in [0.2, 0.25) is 0 Å². The molecular formula is C18H21N3O4. The first kappa shape index (κ1) is 17.2. The quantitative estimate of drug-likeness (QED) is 0.899. The summed E-state index contributed by atoms with van der Waals surface area (Å²) in [6.07, 6.45) is 3.78. The molecular weight excluding hydrogens is 322 g/mol. The third kappa shape index (κ3) is 3.71. The van der Waals surface area contributed by atoms with E-state index in [1.807, 2.05) is 30.3 Å². The Labute approximate surface area is 145 Å². The van der Waals surface area contributed by atoms with Gasteiger partial charge in [-0.25, -0.2) is 4.79 Å². The zero-order valence-electron chi connectivity index (χ0n) is 14.0. The number of rotatable bonds is 5. The summed E-state index contributed by atoms with van der Waals surface area (Å²) in [5.74, 6) is -1.02. The van der Waals surface area contributed by atoms with Crippen LogP contribution in [0.5, 0.6) is 0 Å². The summed E-state index contributed by atoms with van der Waals surface area (Å²) in [5.41, 5.74) is 1.03. The maximum Gasteiger partial charge on any atom is 0.338 e. The first-order valence-corrected chi connectivity index (χ1v) is 8.24. The molecule has 7 nitrogen and oxygen atoms in total. The van der Waals surface area contributed by atoms with Gasteiger partial charge >= 0.3 is 5.97 Å². The summed E-state index contributed by atoms with van der Waals surface area (Å²) in [4.78, 5) is 25.5. The topological polar surface area (TPSA) is 84.7 Å². The van der Waals surface area contributed by atoms with Crippen molar-refractivity contribution in [3.63, 3.8) is 0 Å². The van der Waals surface area contributed by atoms with Crippen LogP contribution in [0, 0.1) is 0 Å². The maximum atomic E-state index is 12.8. The molecule has 1 aromatic heterocycles. The standard InChI is InChI=1S/C18H21N3O4/c1-25-16(13-5-3-2-4-6-13)17(22)20-9-7-15(8-10-20)21-12-14(11-19-21)18(23)24/h2-6,11-12,15-16H,7-10H2,1H3,(H,23,24)/t16-/m0/s1. The van der Waals surface area contributed by atoms with Gasteiger partial charge < -0.3 is 14.7 Å². The van der Waals surface area contributed by atoms with Gasteiger partial charge in [0.05, 0.1) is 17.8 Å². The number of hydrogen-bond donors (Lipinski definition) is 1. The van der Waals surface area contributed by atoms with Crippen LogP contribution in [-0.4, -0.2) is 51.9 Å². The van der Waals surface area contributed by atoms with E-state index in [4.69, 9.17) is 9.84 Å². The number of nitrogens with zero attached hydrogens (tertiary/aromatic N) is 3. The second-order valence-electron chi connectivity index (χ2n) is 6.10. The van der Waals surface area contributed by atoms with E-state index in [1.54, 1.807) is 22.9 Å². The summed E-state index contributed by atoms with van der Waals surface area (Å²) in [6.45, 7) is 1.19. The number of likely N-dealkylation sites (tertiary alicyclic amines) is 1. The van der Waals surface area contributed by atoms with Crippen LogP contribution in [0.15, 0.2) is 42.7 Å². The number of carboxylic acids is 1. The number of ether oxygens (including phenoxy) is 1. The molecule has 2 aromatic rings. The Morgan fingerprint density at radius 2 is 1.92 bits per heavy atom. The maximum absolute atomic E-state index is 12.8. The lowest BCUT2D eigenvalue weighted by atomic mass is 10.0. The van der Waals surface area contributed by atoms with Gasteiger partial charge in [0, 0.05) is 26.4 Å². The Morgan fingerprint density at radius 3 is 2.48 bits per heavy atom. The highest BCUT2D eigenvalue weighted by molar-refractivity contribution is 5.86. The fourth-order valence-corrected chi connectivity index (χ4v) is 3.17. The highest BCUT2D eigenvalue weighted by Gasteiger charge is 2.30. The van der Waals surface area contributed by atoms with E-state index in [2.05, 4.69) is 5.10 Å². The summed E-state index contributed by atoms with van der Waals surface area (Å²) in [7, 11) is 1.54. The van der Waals surface area contributed by atoms with Gasteiger partial charge in [0.1, 0.15) is 0 Å². The second-order valence-corrected chi connectivity index (χ2v) is 6.10. The van der Waals surface area contributed by atoms with Crippen molar-refractivity contribution in [2.75, 3.05) is 20.2 Å². The Balaban J connectivity index is 1.63. The smallest absolute Gasteiger partial charge is 0.338 e. The number of carboxylic acid groups (broad SMARTS) is 1. The predicted octanol–water partition coefficient (Wildman–Crippen LogP) is 2.13. The molecule has 132 valence electrons. The van der Waals surface area contributed by atoms with Crippen molar-refractivity contribution in [2.45, 2.75) is 25.0 Å². The van der Waals surface area contributed by atoms with E-state index in [-0.39, 0.29) is 17.5 Å². The van der Waals surface area contributed by atoms with Crippen LogP contribution in [0.1, 0.15) is 40.9 Å². The molecule has 0 aliphatic carbocycles. The lowest BCUT2D eigenvalue weighted by Gasteiger charge is -2.34. The molecule has 1 saturated heterocycles. The van der Waals surface area contributed by atoms with E-state index in [9.17, 15) is 9.59 Å². The number of piperidine rings is 1. The van der Waals surface area contributed by atoms with Crippen molar-refractivity contribution in [2.24, 2.45) is 0 Å². The van der Waals surface area contributed by atoms with Crippen LogP contribution < -0.4 is 0 Å². The highest BCUT2D eigenvalue weighted by Crippen LogP contribution is 2.26. The molecule has 0 radical (unpaired) electrons. The van der Waals surface area contributed by atoms with Gasteiger partial charge in [0.25, 0.3) is 5.91 Å². The van der Waals surface area contributed by atoms with Crippen molar-refractivity contribution in [1.29, 1.82) is 0 Å². The minimum Gasteiger partial charge on any atom is -0.478 e. The number of benzene rings is 1. The average molecular weight is 343 g/mol. The van der Waals surface area contributed by atoms with Gasteiger partial charge in [0.2, 0.25) is 0 Å². The Morgan fingerprint density at radius 1 is 1.24 bits per heavy atom. The summed E-state index contributed by atoms with van der Waals surface area (Å²) in [5, 5.41) is 13.1. The summed E-state index contributed by atoms with van der Waals surface area (Å²) in [6, 6.07) is 9.56. The molecule has 0 unspecified atom stereocenters. The van der Waals surface area contributed by atoms with Gasteiger partial charge in [-0.05, 0) is 18.4 Å². The molecule has 3 rings (SSSR count). The van der Waals surface area contributed by atoms with Crippen LogP contribution in [0.4, 0.5) is 0 Å². The van der Waals surface area contributed by atoms with E-state index in [0.29, 0.717) is 13.1 Å². The van der Waals surface area contributed by atoms with Crippen molar-refractivity contribution in [3.8, 4) is 0 Å². The zero-order chi connectivity index (χ0) is 17.8. The Hall–Kier alpha value is -2.67. The molecule has 1 atom stereocenters. The molecule has 1 aromatic carbocycles. The van der Waals surface area contributed by atoms with E-state index in [0.717, 1.165) is 18.4 Å². The molecule has 0 bridgehead atoms. The number of aromatic nitrogens is 2. The van der Waals surface area contributed by atoms with Crippen LogP contribution >= 0.6 is 0 Å². The number of amides is 1. The van der Waals surface area contributed by atoms with E-state index in [1.165, 1.54) is 6.20 Å². The van der Waals surface area contributed by atoms with Gasteiger partial charge in [-0.1, -0.05) is 30.3 Å². The van der Waals surface area contributed by atoms with Crippen LogP contribution in [0.3, 0.4) is 0 Å². The number of carbonyl (C=O) groups is 2. The fourth-order valence-electron chi connectivity index (χ4n) is 3.17. The predicted molar refractivity (Wildman–Crippen MR) is 90.2 cm³/mol. The number of carbonyl (C=O) groups excluding carboxylic acids is 1. The van der Waals surface area contributed by atoms with Crippen molar-refractivity contribution < 1.29 is 19.4 Å². The molecule has 25 heavy (non-hydrogen) atoms. The van der Waals surface area contributed by atoms with Gasteiger partial charge in [-0.2, -0.15) is 5.10 Å². The minimum atomic E-state index is -0.982. The monoisotopic (exact) mass is 343 g/mol. The highest BCUT2D eigenvalue weighted by atomic mass is 16.5. The van der Waals surface area contributed by atoms with Crippen molar-refractivity contribution in [3.05, 3.63) is 53.9 Å². The normalized spacial score (nSPS) is 16.6. The molecule has 7 heteroatoms. The molecule has 0 saturated carbocycles. The first-order valence-electron chi connectivity index (χ1n) is 8.24. The molecule has 1 aliphatic heterocycles. The first-order chi connectivity index (χ1) is 12.1. The summed E-state index contributed by atoms with van der Waals surface area (Å²) >= 11 is 0. The van der Waals surface area contributed by atoms with E-state index >= 15 is 0 Å².